The summed E-state index contributed by atoms with van der Waals surface area (Å²) in [6, 6.07) is -0.765. The van der Waals surface area contributed by atoms with E-state index in [0.29, 0.717) is 4.90 Å². The predicted molar refractivity (Wildman–Crippen MR) is 61.2 cm³/mol. The summed E-state index contributed by atoms with van der Waals surface area (Å²) in [5.74, 6) is -2.61. The van der Waals surface area contributed by atoms with Crippen molar-refractivity contribution in [1.29, 1.82) is 0 Å². The second kappa shape index (κ2) is 6.20. The van der Waals surface area contributed by atoms with Crippen molar-refractivity contribution in [3.05, 3.63) is 0 Å². The molecule has 0 rings (SSSR count). The molecule has 0 spiro atoms. The van der Waals surface area contributed by atoms with Gasteiger partial charge in [0.1, 0.15) is 13.1 Å². The van der Waals surface area contributed by atoms with E-state index in [9.17, 15) is 14.4 Å². The van der Waals surface area contributed by atoms with Gasteiger partial charge in [0.05, 0.1) is 12.1 Å². The zero-order chi connectivity index (χ0) is 14.5. The molecule has 0 aliphatic carbocycles. The molecular formula is C10H18N2O6. The van der Waals surface area contributed by atoms with E-state index in [4.69, 9.17) is 15.3 Å². The topological polar surface area (TPSA) is 118 Å². The van der Waals surface area contributed by atoms with Crippen LogP contribution in [0.25, 0.3) is 0 Å². The highest BCUT2D eigenvalue weighted by molar-refractivity contribution is 5.84. The molecule has 0 radical (unpaired) electrons. The van der Waals surface area contributed by atoms with E-state index in [2.05, 4.69) is 0 Å². The summed E-state index contributed by atoms with van der Waals surface area (Å²) in [6.07, 6.45) is 0. The van der Waals surface area contributed by atoms with Crippen molar-refractivity contribution in [2.45, 2.75) is 19.4 Å². The number of hydrogen-bond acceptors (Lipinski definition) is 4. The molecule has 0 unspecified atom stereocenters. The Balaban J connectivity index is 4.94. The summed E-state index contributed by atoms with van der Waals surface area (Å²) >= 11 is 0. The van der Waals surface area contributed by atoms with E-state index >= 15 is 0 Å². The minimum Gasteiger partial charge on any atom is -0.480 e. The number of nitrogens with zero attached hydrogens (tertiary/aromatic N) is 2. The standard InChI is InChI=1S/C10H18N2O6/c1-10(2,6-13)11(3)9(18)12(4-7(14)15)5-8(16)17/h13H,4-6H2,1-3H3,(H,14,15)(H,16,17). The monoisotopic (exact) mass is 262 g/mol. The summed E-state index contributed by atoms with van der Waals surface area (Å²) in [6.45, 7) is 1.40. The van der Waals surface area contributed by atoms with Crippen LogP contribution < -0.4 is 0 Å². The number of amides is 2. The fraction of sp³-hybridized carbons (Fsp3) is 0.700. The molecule has 0 aliphatic heterocycles. The van der Waals surface area contributed by atoms with Gasteiger partial charge in [0.25, 0.3) is 0 Å². The number of rotatable bonds is 6. The normalized spacial score (nSPS) is 10.9. The van der Waals surface area contributed by atoms with E-state index in [1.54, 1.807) is 13.8 Å². The van der Waals surface area contributed by atoms with Crippen LogP contribution in [0.4, 0.5) is 4.79 Å². The molecule has 18 heavy (non-hydrogen) atoms. The number of carbonyl (C=O) groups is 3. The van der Waals surface area contributed by atoms with E-state index < -0.39 is 36.6 Å². The Kier molecular flexibility index (Phi) is 5.57. The van der Waals surface area contributed by atoms with Crippen LogP contribution in [0.1, 0.15) is 13.8 Å². The van der Waals surface area contributed by atoms with Crippen LogP contribution in [0, 0.1) is 0 Å². The van der Waals surface area contributed by atoms with Crippen LogP contribution in [0.15, 0.2) is 0 Å². The minimum atomic E-state index is -1.31. The lowest BCUT2D eigenvalue weighted by Gasteiger charge is -2.36. The summed E-state index contributed by atoms with van der Waals surface area (Å²) in [4.78, 5) is 34.9. The third-order valence-electron chi connectivity index (χ3n) is 2.50. The zero-order valence-corrected chi connectivity index (χ0v) is 10.6. The van der Waals surface area contributed by atoms with E-state index in [1.165, 1.54) is 7.05 Å². The third-order valence-corrected chi connectivity index (χ3v) is 2.50. The Morgan fingerprint density at radius 2 is 1.44 bits per heavy atom. The van der Waals surface area contributed by atoms with Gasteiger partial charge in [-0.05, 0) is 13.8 Å². The van der Waals surface area contributed by atoms with Gasteiger partial charge >= 0.3 is 18.0 Å². The van der Waals surface area contributed by atoms with Gasteiger partial charge < -0.3 is 25.1 Å². The molecule has 2 amide bonds. The first kappa shape index (κ1) is 16.2. The SMILES string of the molecule is CN(C(=O)N(CC(=O)O)CC(=O)O)C(C)(C)CO. The first-order valence-electron chi connectivity index (χ1n) is 5.19. The van der Waals surface area contributed by atoms with E-state index in [0.717, 1.165) is 4.90 Å². The highest BCUT2D eigenvalue weighted by Crippen LogP contribution is 2.13. The van der Waals surface area contributed by atoms with Crippen LogP contribution in [0.5, 0.6) is 0 Å². The van der Waals surface area contributed by atoms with Crippen LogP contribution in [-0.2, 0) is 9.59 Å². The van der Waals surface area contributed by atoms with Gasteiger partial charge in [-0.15, -0.1) is 0 Å². The van der Waals surface area contributed by atoms with Crippen LogP contribution >= 0.6 is 0 Å². The Morgan fingerprint density at radius 1 is 1.06 bits per heavy atom. The quantitative estimate of drug-likeness (QED) is 0.581. The molecule has 0 fully saturated rings. The van der Waals surface area contributed by atoms with E-state index in [-0.39, 0.29) is 6.61 Å². The van der Waals surface area contributed by atoms with Crippen molar-refractivity contribution in [3.63, 3.8) is 0 Å². The van der Waals surface area contributed by atoms with E-state index in [1.807, 2.05) is 0 Å². The summed E-state index contributed by atoms with van der Waals surface area (Å²) < 4.78 is 0. The van der Waals surface area contributed by atoms with Gasteiger partial charge in [-0.3, -0.25) is 9.59 Å². The van der Waals surface area contributed by atoms with Crippen molar-refractivity contribution in [2.24, 2.45) is 0 Å². The van der Waals surface area contributed by atoms with Gasteiger partial charge in [0.2, 0.25) is 0 Å². The summed E-state index contributed by atoms with van der Waals surface area (Å²) in [5.41, 5.74) is -0.910. The number of hydrogen-bond donors (Lipinski definition) is 3. The Hall–Kier alpha value is -1.83. The van der Waals surface area contributed by atoms with Crippen molar-refractivity contribution in [3.8, 4) is 0 Å². The van der Waals surface area contributed by atoms with Crippen molar-refractivity contribution in [1.82, 2.24) is 9.80 Å². The number of urea groups is 1. The van der Waals surface area contributed by atoms with Gasteiger partial charge in [0, 0.05) is 7.05 Å². The van der Waals surface area contributed by atoms with Gasteiger partial charge in [0.15, 0.2) is 0 Å². The number of likely N-dealkylation sites (N-methyl/N-ethyl adjacent to an activating group) is 1. The maximum absolute atomic E-state index is 11.9. The lowest BCUT2D eigenvalue weighted by atomic mass is 10.1. The Labute approximate surface area is 104 Å². The van der Waals surface area contributed by atoms with Crippen LogP contribution in [-0.4, -0.2) is 75.4 Å². The number of aliphatic hydroxyl groups excluding tert-OH is 1. The lowest BCUT2D eigenvalue weighted by molar-refractivity contribution is -0.140. The average molecular weight is 262 g/mol. The number of aliphatic hydroxyl groups is 1. The minimum absolute atomic E-state index is 0.330. The van der Waals surface area contributed by atoms with Gasteiger partial charge in [-0.25, -0.2) is 4.79 Å². The molecule has 0 aromatic rings. The number of carbonyl (C=O) groups excluding carboxylic acids is 1. The molecule has 3 N–H and O–H groups in total. The third kappa shape index (κ3) is 4.58. The average Bonchev–Trinajstić information content (AvgIpc) is 2.24. The Morgan fingerprint density at radius 3 is 1.72 bits per heavy atom. The summed E-state index contributed by atoms with van der Waals surface area (Å²) in [5, 5.41) is 26.4. The van der Waals surface area contributed by atoms with Crippen LogP contribution in [0.2, 0.25) is 0 Å². The van der Waals surface area contributed by atoms with Gasteiger partial charge in [-0.1, -0.05) is 0 Å². The lowest BCUT2D eigenvalue weighted by Crippen LogP contribution is -2.54. The molecule has 0 bridgehead atoms. The maximum Gasteiger partial charge on any atom is 0.323 e. The van der Waals surface area contributed by atoms with Crippen molar-refractivity contribution in [2.75, 3.05) is 26.7 Å². The maximum atomic E-state index is 11.9. The van der Waals surface area contributed by atoms with Crippen molar-refractivity contribution < 1.29 is 29.7 Å². The second-order valence-corrected chi connectivity index (χ2v) is 4.46. The molecule has 0 atom stereocenters. The summed E-state index contributed by atoms with van der Waals surface area (Å²) in [7, 11) is 1.37. The molecular weight excluding hydrogens is 244 g/mol. The second-order valence-electron chi connectivity index (χ2n) is 4.46. The van der Waals surface area contributed by atoms with Crippen molar-refractivity contribution >= 4 is 18.0 Å². The molecule has 0 aliphatic rings. The number of carboxylic acid groups (broad SMARTS) is 2. The molecule has 0 saturated heterocycles. The van der Waals surface area contributed by atoms with Crippen LogP contribution in [0.3, 0.4) is 0 Å². The zero-order valence-electron chi connectivity index (χ0n) is 10.6. The van der Waals surface area contributed by atoms with Gasteiger partial charge in [-0.2, -0.15) is 0 Å². The predicted octanol–water partition coefficient (Wildman–Crippen LogP) is -0.720. The highest BCUT2D eigenvalue weighted by atomic mass is 16.4. The first-order valence-corrected chi connectivity index (χ1v) is 5.19. The fourth-order valence-electron chi connectivity index (χ4n) is 1.09. The molecule has 0 saturated carbocycles. The number of aliphatic carboxylic acids is 2. The highest BCUT2D eigenvalue weighted by Gasteiger charge is 2.31. The molecule has 104 valence electrons. The molecule has 0 heterocycles. The smallest absolute Gasteiger partial charge is 0.323 e. The first-order chi connectivity index (χ1) is 8.11. The molecule has 0 aromatic carbocycles. The Bertz CT molecular complexity index is 325. The molecule has 8 heteroatoms. The molecule has 0 aromatic heterocycles. The largest absolute Gasteiger partial charge is 0.480 e. The number of carboxylic acids is 2. The molecule has 8 nitrogen and oxygen atoms in total. The fourth-order valence-corrected chi connectivity index (χ4v) is 1.09.